The molecular formula is C18H30N2O. The fourth-order valence-electron chi connectivity index (χ4n) is 2.38. The van der Waals surface area contributed by atoms with Crippen LogP contribution in [0.25, 0.3) is 0 Å². The summed E-state index contributed by atoms with van der Waals surface area (Å²) in [6.07, 6.45) is 3.69. The third kappa shape index (κ3) is 6.76. The second-order valence-electron chi connectivity index (χ2n) is 6.99. The first-order valence-electron chi connectivity index (χ1n) is 7.94. The number of hydrogen-bond donors (Lipinski definition) is 2. The minimum atomic E-state index is -0.406. The van der Waals surface area contributed by atoms with Gasteiger partial charge >= 0.3 is 0 Å². The Morgan fingerprint density at radius 1 is 1.24 bits per heavy atom. The molecule has 0 aliphatic heterocycles. The highest BCUT2D eigenvalue weighted by atomic mass is 16.2. The lowest BCUT2D eigenvalue weighted by Gasteiger charge is -2.28. The lowest BCUT2D eigenvalue weighted by atomic mass is 9.85. The van der Waals surface area contributed by atoms with Crippen molar-refractivity contribution in [2.24, 2.45) is 11.1 Å². The molecule has 3 heteroatoms. The highest BCUT2D eigenvalue weighted by molar-refractivity contribution is 5.81. The topological polar surface area (TPSA) is 55.1 Å². The first-order chi connectivity index (χ1) is 9.83. The summed E-state index contributed by atoms with van der Waals surface area (Å²) in [5.41, 5.74) is 7.26. The summed E-state index contributed by atoms with van der Waals surface area (Å²) >= 11 is 0. The van der Waals surface area contributed by atoms with Crippen molar-refractivity contribution in [2.45, 2.75) is 65.5 Å². The molecule has 0 fully saturated rings. The van der Waals surface area contributed by atoms with E-state index in [4.69, 9.17) is 5.73 Å². The Bertz CT molecular complexity index is 423. The lowest BCUT2D eigenvalue weighted by Crippen LogP contribution is -2.43. The summed E-state index contributed by atoms with van der Waals surface area (Å²) in [6.45, 7) is 8.67. The molecule has 0 radical (unpaired) electrons. The summed E-state index contributed by atoms with van der Waals surface area (Å²) in [7, 11) is 0. The van der Waals surface area contributed by atoms with E-state index in [1.807, 2.05) is 18.2 Å². The molecule has 0 aliphatic rings. The Morgan fingerprint density at radius 3 is 2.38 bits per heavy atom. The van der Waals surface area contributed by atoms with Gasteiger partial charge in [0.15, 0.2) is 0 Å². The van der Waals surface area contributed by atoms with Gasteiger partial charge < -0.3 is 11.1 Å². The van der Waals surface area contributed by atoms with Crippen molar-refractivity contribution in [2.75, 3.05) is 0 Å². The quantitative estimate of drug-likeness (QED) is 0.802. The smallest absolute Gasteiger partial charge is 0.237 e. The summed E-state index contributed by atoms with van der Waals surface area (Å²) in [5, 5.41) is 3.13. The number of rotatable bonds is 7. The molecule has 1 unspecified atom stereocenters. The molecule has 3 nitrogen and oxygen atoms in total. The van der Waals surface area contributed by atoms with Crippen molar-refractivity contribution >= 4 is 5.91 Å². The molecule has 1 rings (SSSR count). The van der Waals surface area contributed by atoms with E-state index in [1.165, 1.54) is 0 Å². The Morgan fingerprint density at radius 2 is 1.86 bits per heavy atom. The van der Waals surface area contributed by atoms with Crippen LogP contribution in [0.5, 0.6) is 0 Å². The highest BCUT2D eigenvalue weighted by Crippen LogP contribution is 2.29. The Labute approximate surface area is 129 Å². The zero-order chi connectivity index (χ0) is 15.9. The van der Waals surface area contributed by atoms with Crippen LogP contribution < -0.4 is 11.1 Å². The number of amides is 1. The van der Waals surface area contributed by atoms with E-state index in [1.54, 1.807) is 0 Å². The van der Waals surface area contributed by atoms with Gasteiger partial charge in [0.1, 0.15) is 0 Å². The summed E-state index contributed by atoms with van der Waals surface area (Å²) in [4.78, 5) is 12.3. The second-order valence-corrected chi connectivity index (χ2v) is 6.99. The fraction of sp³-hybridized carbons (Fsp3) is 0.611. The Balaban J connectivity index is 2.76. The SMILES string of the molecule is CCCC[C@H](N)C(=O)NC(CC(C)(C)C)c1ccccc1. The average molecular weight is 290 g/mol. The number of nitrogens with one attached hydrogen (secondary N) is 1. The standard InChI is InChI=1S/C18H30N2O/c1-5-6-12-15(19)17(21)20-16(13-18(2,3)4)14-10-8-7-9-11-14/h7-11,15-16H,5-6,12-13,19H2,1-4H3,(H,20,21)/t15-,16?/m0/s1. The first kappa shape index (κ1) is 17.7. The molecule has 0 aliphatic carbocycles. The van der Waals surface area contributed by atoms with Gasteiger partial charge in [-0.2, -0.15) is 0 Å². The molecule has 1 amide bonds. The minimum Gasteiger partial charge on any atom is -0.348 e. The average Bonchev–Trinajstić information content (AvgIpc) is 2.43. The molecule has 0 aromatic heterocycles. The van der Waals surface area contributed by atoms with Crippen molar-refractivity contribution in [1.29, 1.82) is 0 Å². The van der Waals surface area contributed by atoms with E-state index in [9.17, 15) is 4.79 Å². The largest absolute Gasteiger partial charge is 0.348 e. The first-order valence-corrected chi connectivity index (χ1v) is 7.94. The van der Waals surface area contributed by atoms with Crippen molar-refractivity contribution < 1.29 is 4.79 Å². The van der Waals surface area contributed by atoms with Gasteiger partial charge in [0.25, 0.3) is 0 Å². The van der Waals surface area contributed by atoms with Crippen molar-refractivity contribution in [3.63, 3.8) is 0 Å². The van der Waals surface area contributed by atoms with Crippen molar-refractivity contribution in [3.8, 4) is 0 Å². The van der Waals surface area contributed by atoms with Crippen LogP contribution in [0.15, 0.2) is 30.3 Å². The molecule has 0 saturated carbocycles. The van der Waals surface area contributed by atoms with Crippen LogP contribution >= 0.6 is 0 Å². The van der Waals surface area contributed by atoms with Crippen LogP contribution in [0.3, 0.4) is 0 Å². The van der Waals surface area contributed by atoms with E-state index in [0.717, 1.165) is 31.2 Å². The van der Waals surface area contributed by atoms with Gasteiger partial charge in [-0.1, -0.05) is 70.9 Å². The molecule has 1 aromatic rings. The molecule has 0 heterocycles. The maximum Gasteiger partial charge on any atom is 0.237 e. The zero-order valence-corrected chi connectivity index (χ0v) is 13.9. The third-order valence-corrected chi connectivity index (χ3v) is 3.54. The number of hydrogen-bond acceptors (Lipinski definition) is 2. The maximum atomic E-state index is 12.3. The molecule has 3 N–H and O–H groups in total. The number of nitrogens with two attached hydrogens (primary N) is 1. The van der Waals surface area contributed by atoms with Gasteiger partial charge in [-0.25, -0.2) is 0 Å². The Hall–Kier alpha value is -1.35. The van der Waals surface area contributed by atoms with Crippen molar-refractivity contribution in [3.05, 3.63) is 35.9 Å². The molecule has 0 spiro atoms. The summed E-state index contributed by atoms with van der Waals surface area (Å²) in [6, 6.07) is 9.75. The molecule has 1 aromatic carbocycles. The van der Waals surface area contributed by atoms with Crippen LogP contribution in [0.1, 0.15) is 65.0 Å². The molecule has 2 atom stereocenters. The third-order valence-electron chi connectivity index (χ3n) is 3.54. The molecule has 0 saturated heterocycles. The number of carbonyl (C=O) groups is 1. The molecule has 0 bridgehead atoms. The second kappa shape index (κ2) is 8.18. The number of benzene rings is 1. The van der Waals surface area contributed by atoms with Crippen LogP contribution in [-0.2, 0) is 4.79 Å². The maximum absolute atomic E-state index is 12.3. The molecule has 21 heavy (non-hydrogen) atoms. The van der Waals surface area contributed by atoms with Crippen LogP contribution in [0, 0.1) is 5.41 Å². The van der Waals surface area contributed by atoms with Gasteiger partial charge in [0, 0.05) is 0 Å². The van der Waals surface area contributed by atoms with Crippen LogP contribution in [-0.4, -0.2) is 11.9 Å². The normalized spacial score (nSPS) is 14.5. The van der Waals surface area contributed by atoms with Gasteiger partial charge in [0.05, 0.1) is 12.1 Å². The van der Waals surface area contributed by atoms with Crippen LogP contribution in [0.4, 0.5) is 0 Å². The summed E-state index contributed by atoms with van der Waals surface area (Å²) in [5.74, 6) is -0.0402. The monoisotopic (exact) mass is 290 g/mol. The molecular weight excluding hydrogens is 260 g/mol. The van der Waals surface area contributed by atoms with E-state index >= 15 is 0 Å². The van der Waals surface area contributed by atoms with Gasteiger partial charge in [-0.15, -0.1) is 0 Å². The zero-order valence-electron chi connectivity index (χ0n) is 13.9. The van der Waals surface area contributed by atoms with E-state index in [0.29, 0.717) is 0 Å². The fourth-order valence-corrected chi connectivity index (χ4v) is 2.38. The Kier molecular flexibility index (Phi) is 6.90. The van der Waals surface area contributed by atoms with Crippen molar-refractivity contribution in [1.82, 2.24) is 5.32 Å². The highest BCUT2D eigenvalue weighted by Gasteiger charge is 2.23. The van der Waals surface area contributed by atoms with E-state index < -0.39 is 6.04 Å². The van der Waals surface area contributed by atoms with Gasteiger partial charge in [0.2, 0.25) is 5.91 Å². The number of unbranched alkanes of at least 4 members (excludes halogenated alkanes) is 1. The van der Waals surface area contributed by atoms with Gasteiger partial charge in [-0.3, -0.25) is 4.79 Å². The van der Waals surface area contributed by atoms with E-state index in [-0.39, 0.29) is 17.4 Å². The van der Waals surface area contributed by atoms with E-state index in [2.05, 4.69) is 45.1 Å². The number of carbonyl (C=O) groups excluding carboxylic acids is 1. The molecule has 118 valence electrons. The lowest BCUT2D eigenvalue weighted by molar-refractivity contribution is -0.123. The predicted molar refractivity (Wildman–Crippen MR) is 88.9 cm³/mol. The predicted octanol–water partition coefficient (Wildman–Crippen LogP) is 3.80. The van der Waals surface area contributed by atoms with Crippen LogP contribution in [0.2, 0.25) is 0 Å². The minimum absolute atomic E-state index is 0.0198. The van der Waals surface area contributed by atoms with Gasteiger partial charge in [-0.05, 0) is 23.8 Å². The summed E-state index contributed by atoms with van der Waals surface area (Å²) < 4.78 is 0.